The molecule has 1 aromatic heterocycles. The Morgan fingerprint density at radius 1 is 1.26 bits per heavy atom. The number of aromatic nitrogens is 1. The number of thiazole rings is 1. The second-order valence-corrected chi connectivity index (χ2v) is 14.4. The molecule has 2 rings (SSSR count). The molecule has 0 aliphatic carbocycles. The summed E-state index contributed by atoms with van der Waals surface area (Å²) in [6, 6.07) is 7.26. The minimum absolute atomic E-state index is 0.205. The SMILES string of the molecule is COc1ccc(CN(C)S(=O)(=O)C(C)C(C)(NS(=O)C(C)(C)C)c2nc(Br)cs2)cc1. The van der Waals surface area contributed by atoms with Gasteiger partial charge in [-0.3, -0.25) is 0 Å². The van der Waals surface area contributed by atoms with E-state index in [0.29, 0.717) is 15.4 Å². The third-order valence-electron chi connectivity index (χ3n) is 5.04. The van der Waals surface area contributed by atoms with Gasteiger partial charge in [-0.2, -0.15) is 0 Å². The number of sulfonamides is 1. The lowest BCUT2D eigenvalue weighted by molar-refractivity contribution is 0.385. The second-order valence-electron chi connectivity index (χ2n) is 8.45. The molecule has 3 atom stereocenters. The number of nitrogens with one attached hydrogen (secondary N) is 1. The van der Waals surface area contributed by atoms with Gasteiger partial charge < -0.3 is 4.74 Å². The van der Waals surface area contributed by atoms with Crippen molar-refractivity contribution in [2.75, 3.05) is 14.2 Å². The van der Waals surface area contributed by atoms with Crippen LogP contribution in [0.15, 0.2) is 34.2 Å². The fourth-order valence-corrected chi connectivity index (χ4v) is 7.06. The minimum atomic E-state index is -3.78. The monoisotopic (exact) mass is 551 g/mol. The van der Waals surface area contributed by atoms with Gasteiger partial charge in [-0.25, -0.2) is 26.6 Å². The van der Waals surface area contributed by atoms with Gasteiger partial charge in [-0.1, -0.05) is 12.1 Å². The Hall–Kier alpha value is -0.850. The summed E-state index contributed by atoms with van der Waals surface area (Å²) in [6.07, 6.45) is 0. The molecule has 0 aliphatic heterocycles. The van der Waals surface area contributed by atoms with Crippen LogP contribution < -0.4 is 9.46 Å². The van der Waals surface area contributed by atoms with E-state index in [-0.39, 0.29) is 6.54 Å². The van der Waals surface area contributed by atoms with E-state index in [0.717, 1.165) is 5.56 Å². The lowest BCUT2D eigenvalue weighted by Gasteiger charge is -2.37. The maximum atomic E-state index is 13.5. The van der Waals surface area contributed by atoms with Gasteiger partial charge in [0.25, 0.3) is 0 Å². The first-order valence-electron chi connectivity index (χ1n) is 9.61. The van der Waals surface area contributed by atoms with Crippen LogP contribution in [-0.2, 0) is 33.1 Å². The summed E-state index contributed by atoms with van der Waals surface area (Å²) in [5.41, 5.74) is -0.328. The van der Waals surface area contributed by atoms with Crippen molar-refractivity contribution in [3.63, 3.8) is 0 Å². The first kappa shape index (κ1) is 26.4. The van der Waals surface area contributed by atoms with Crippen LogP contribution in [-0.4, -0.2) is 46.1 Å². The number of methoxy groups -OCH3 is 1. The Morgan fingerprint density at radius 2 is 1.84 bits per heavy atom. The zero-order chi connectivity index (χ0) is 23.6. The molecular formula is C20H30BrN3O4S3. The summed E-state index contributed by atoms with van der Waals surface area (Å²) in [5, 5.41) is 1.40. The Morgan fingerprint density at radius 3 is 2.29 bits per heavy atom. The zero-order valence-corrected chi connectivity index (χ0v) is 22.8. The van der Waals surface area contributed by atoms with E-state index in [9.17, 15) is 12.6 Å². The standard InChI is InChI=1S/C20H30BrN3O4S3/c1-14(31(26,27)24(6)12-15-8-10-16(28-7)11-9-15)20(5,18-22-17(21)13-29-18)23-30(25)19(2,3)4/h8-11,13-14,23H,12H2,1-7H3. The first-order chi connectivity index (χ1) is 14.2. The molecule has 1 heterocycles. The maximum Gasteiger partial charge on any atom is 0.219 e. The minimum Gasteiger partial charge on any atom is -0.497 e. The van der Waals surface area contributed by atoms with Crippen molar-refractivity contribution in [2.45, 2.75) is 56.7 Å². The molecule has 0 spiro atoms. The number of ether oxygens (including phenoxy) is 1. The van der Waals surface area contributed by atoms with Gasteiger partial charge in [0, 0.05) is 19.0 Å². The molecule has 1 N–H and O–H groups in total. The smallest absolute Gasteiger partial charge is 0.219 e. The summed E-state index contributed by atoms with van der Waals surface area (Å²) < 4.78 is 49.6. The van der Waals surface area contributed by atoms with E-state index in [1.54, 1.807) is 45.5 Å². The highest BCUT2D eigenvalue weighted by Crippen LogP contribution is 2.35. The van der Waals surface area contributed by atoms with Crippen molar-refractivity contribution in [3.05, 3.63) is 44.8 Å². The number of nitrogens with zero attached hydrogens (tertiary/aromatic N) is 2. The van der Waals surface area contributed by atoms with Crippen LogP contribution in [0.3, 0.4) is 0 Å². The highest BCUT2D eigenvalue weighted by molar-refractivity contribution is 9.10. The molecule has 0 aliphatic rings. The molecular weight excluding hydrogens is 522 g/mol. The Balaban J connectivity index is 2.38. The summed E-state index contributed by atoms with van der Waals surface area (Å²) in [5.74, 6) is 0.707. The van der Waals surface area contributed by atoms with E-state index in [2.05, 4.69) is 25.6 Å². The van der Waals surface area contributed by atoms with E-state index in [4.69, 9.17) is 4.74 Å². The molecule has 0 fully saturated rings. The second kappa shape index (κ2) is 9.96. The normalized spacial score (nSPS) is 16.7. The quantitative estimate of drug-likeness (QED) is 0.508. The van der Waals surface area contributed by atoms with Gasteiger partial charge in [-0.15, -0.1) is 11.3 Å². The molecule has 0 radical (unpaired) electrons. The largest absolute Gasteiger partial charge is 0.497 e. The van der Waals surface area contributed by atoms with Crippen LogP contribution in [0.4, 0.5) is 0 Å². The zero-order valence-electron chi connectivity index (χ0n) is 18.8. The van der Waals surface area contributed by atoms with Crippen molar-refractivity contribution in [1.82, 2.24) is 14.0 Å². The van der Waals surface area contributed by atoms with Crippen LogP contribution in [0.5, 0.6) is 5.75 Å². The van der Waals surface area contributed by atoms with E-state index in [1.807, 2.05) is 32.9 Å². The van der Waals surface area contributed by atoms with Gasteiger partial charge in [0.2, 0.25) is 10.0 Å². The molecule has 0 saturated carbocycles. The van der Waals surface area contributed by atoms with Crippen LogP contribution in [0.25, 0.3) is 0 Å². The summed E-state index contributed by atoms with van der Waals surface area (Å²) >= 11 is 4.66. The summed E-state index contributed by atoms with van der Waals surface area (Å²) in [7, 11) is -2.15. The Kier molecular flexibility index (Phi) is 8.49. The molecule has 7 nitrogen and oxygen atoms in total. The van der Waals surface area contributed by atoms with E-state index >= 15 is 0 Å². The van der Waals surface area contributed by atoms with E-state index < -0.39 is 36.5 Å². The van der Waals surface area contributed by atoms with Crippen molar-refractivity contribution in [3.8, 4) is 5.75 Å². The summed E-state index contributed by atoms with van der Waals surface area (Å²) in [6.45, 7) is 9.08. The molecule has 0 amide bonds. The van der Waals surface area contributed by atoms with Gasteiger partial charge in [-0.05, 0) is 68.2 Å². The van der Waals surface area contributed by atoms with Crippen molar-refractivity contribution >= 4 is 48.3 Å². The molecule has 31 heavy (non-hydrogen) atoms. The number of rotatable bonds is 9. The molecule has 0 bridgehead atoms. The predicted octanol–water partition coefficient (Wildman–Crippen LogP) is 4.03. The topological polar surface area (TPSA) is 88.6 Å². The van der Waals surface area contributed by atoms with Gasteiger partial charge in [0.15, 0.2) is 0 Å². The van der Waals surface area contributed by atoms with Gasteiger partial charge >= 0.3 is 0 Å². The van der Waals surface area contributed by atoms with Crippen LogP contribution in [0.1, 0.15) is 45.2 Å². The Bertz CT molecular complexity index is 1020. The van der Waals surface area contributed by atoms with Crippen LogP contribution in [0, 0.1) is 0 Å². The molecule has 1 aromatic carbocycles. The van der Waals surface area contributed by atoms with Crippen LogP contribution in [0.2, 0.25) is 0 Å². The summed E-state index contributed by atoms with van der Waals surface area (Å²) in [4.78, 5) is 4.46. The molecule has 11 heteroatoms. The average molecular weight is 553 g/mol. The van der Waals surface area contributed by atoms with Crippen LogP contribution >= 0.6 is 27.3 Å². The first-order valence-corrected chi connectivity index (χ1v) is 13.9. The average Bonchev–Trinajstić information content (AvgIpc) is 3.14. The lowest BCUT2D eigenvalue weighted by Crippen LogP contribution is -2.56. The number of benzene rings is 1. The van der Waals surface area contributed by atoms with Crippen molar-refractivity contribution in [2.24, 2.45) is 0 Å². The maximum absolute atomic E-state index is 13.5. The molecule has 174 valence electrons. The fourth-order valence-electron chi connectivity index (χ4n) is 2.78. The fraction of sp³-hybridized carbons (Fsp3) is 0.550. The van der Waals surface area contributed by atoms with Crippen molar-refractivity contribution in [1.29, 1.82) is 0 Å². The van der Waals surface area contributed by atoms with E-state index in [1.165, 1.54) is 15.6 Å². The predicted molar refractivity (Wildman–Crippen MR) is 131 cm³/mol. The molecule has 2 aromatic rings. The third-order valence-corrected chi connectivity index (χ3v) is 10.9. The lowest BCUT2D eigenvalue weighted by atomic mass is 10.0. The van der Waals surface area contributed by atoms with Gasteiger partial charge in [0.05, 0.1) is 33.6 Å². The van der Waals surface area contributed by atoms with Gasteiger partial charge in [0.1, 0.15) is 15.4 Å². The van der Waals surface area contributed by atoms with Crippen molar-refractivity contribution < 1.29 is 17.4 Å². The number of hydrogen-bond donors (Lipinski definition) is 1. The number of hydrogen-bond acceptors (Lipinski definition) is 6. The number of halogens is 1. The highest BCUT2D eigenvalue weighted by atomic mass is 79.9. The highest BCUT2D eigenvalue weighted by Gasteiger charge is 2.47. The Labute approximate surface area is 200 Å². The molecule has 3 unspecified atom stereocenters. The third kappa shape index (κ3) is 6.14. The molecule has 0 saturated heterocycles.